The molecule has 1 aromatic heterocycles. The minimum absolute atomic E-state index is 0.00811. The molecule has 6 heteroatoms. The molecule has 0 bridgehead atoms. The van der Waals surface area contributed by atoms with Gasteiger partial charge in [0, 0.05) is 5.56 Å². The van der Waals surface area contributed by atoms with Gasteiger partial charge in [-0.1, -0.05) is 28.9 Å². The zero-order valence-electron chi connectivity index (χ0n) is 10.5. The third kappa shape index (κ3) is 2.33. The zero-order valence-corrected chi connectivity index (χ0v) is 11.3. The number of hydrogen-bond acceptors (Lipinski definition) is 4. The lowest BCUT2D eigenvalue weighted by atomic mass is 10.0. The Labute approximate surface area is 120 Å². The van der Waals surface area contributed by atoms with Crippen LogP contribution in [0.25, 0.3) is 22.2 Å². The molecule has 1 heterocycles. The number of benzene rings is 2. The van der Waals surface area contributed by atoms with Crippen LogP contribution < -0.4 is 4.74 Å². The number of halogens is 1. The molecule has 0 spiro atoms. The first-order valence-corrected chi connectivity index (χ1v) is 6.51. The van der Waals surface area contributed by atoms with Crippen molar-refractivity contribution in [3.63, 3.8) is 0 Å². The predicted molar refractivity (Wildman–Crippen MR) is 76.9 cm³/mol. The maximum Gasteiger partial charge on any atom is 0.122 e. The molecular formula is C14H12ClN3O2. The summed E-state index contributed by atoms with van der Waals surface area (Å²) in [5.74, 6) is 0.700. The summed E-state index contributed by atoms with van der Waals surface area (Å²) in [4.78, 5) is 0. The standard InChI is InChI=1S/C14H12ClN3O2/c15-11-5-6-12-14(17-18-16-12)13(11)9-1-3-10(4-2-9)20-8-7-19/h1-6,19H,7-8H2,(H,16,17,18). The van der Waals surface area contributed by atoms with Crippen LogP contribution in [0.15, 0.2) is 36.4 Å². The fourth-order valence-electron chi connectivity index (χ4n) is 2.05. The maximum atomic E-state index is 8.73. The van der Waals surface area contributed by atoms with Crippen LogP contribution in [-0.2, 0) is 0 Å². The second-order valence-electron chi connectivity index (χ2n) is 4.23. The number of rotatable bonds is 4. The fourth-order valence-corrected chi connectivity index (χ4v) is 2.31. The van der Waals surface area contributed by atoms with Gasteiger partial charge in [-0.15, -0.1) is 5.10 Å². The molecule has 0 aliphatic carbocycles. The van der Waals surface area contributed by atoms with E-state index >= 15 is 0 Å². The number of aliphatic hydroxyl groups excluding tert-OH is 1. The molecule has 20 heavy (non-hydrogen) atoms. The highest BCUT2D eigenvalue weighted by molar-refractivity contribution is 6.34. The quantitative estimate of drug-likeness (QED) is 0.774. The molecule has 2 N–H and O–H groups in total. The van der Waals surface area contributed by atoms with E-state index in [1.54, 1.807) is 0 Å². The first kappa shape index (κ1) is 12.9. The molecule has 0 aliphatic rings. The zero-order chi connectivity index (χ0) is 13.9. The van der Waals surface area contributed by atoms with Crippen LogP contribution in [0.4, 0.5) is 0 Å². The summed E-state index contributed by atoms with van der Waals surface area (Å²) < 4.78 is 5.33. The normalized spacial score (nSPS) is 10.9. The number of aromatic nitrogens is 3. The van der Waals surface area contributed by atoms with E-state index in [4.69, 9.17) is 21.4 Å². The van der Waals surface area contributed by atoms with Crippen molar-refractivity contribution in [1.82, 2.24) is 15.4 Å². The average Bonchev–Trinajstić information content (AvgIpc) is 2.94. The van der Waals surface area contributed by atoms with Crippen molar-refractivity contribution in [1.29, 1.82) is 0 Å². The van der Waals surface area contributed by atoms with Gasteiger partial charge in [0.2, 0.25) is 0 Å². The molecule has 2 aromatic carbocycles. The summed E-state index contributed by atoms with van der Waals surface area (Å²) in [6.07, 6.45) is 0. The molecule has 0 saturated carbocycles. The summed E-state index contributed by atoms with van der Waals surface area (Å²) >= 11 is 6.27. The number of ether oxygens (including phenoxy) is 1. The largest absolute Gasteiger partial charge is 0.491 e. The number of hydrogen-bond donors (Lipinski definition) is 2. The van der Waals surface area contributed by atoms with Crippen molar-refractivity contribution in [2.75, 3.05) is 13.2 Å². The third-order valence-corrected chi connectivity index (χ3v) is 3.27. The number of nitrogens with one attached hydrogen (secondary N) is 1. The van der Waals surface area contributed by atoms with E-state index in [0.717, 1.165) is 22.2 Å². The molecule has 3 aromatic rings. The van der Waals surface area contributed by atoms with Crippen LogP contribution in [0.5, 0.6) is 5.75 Å². The van der Waals surface area contributed by atoms with Gasteiger partial charge in [-0.05, 0) is 29.8 Å². The summed E-state index contributed by atoms with van der Waals surface area (Å²) in [5, 5.41) is 20.0. The van der Waals surface area contributed by atoms with Crippen molar-refractivity contribution in [3.05, 3.63) is 41.4 Å². The van der Waals surface area contributed by atoms with Crippen LogP contribution in [0.2, 0.25) is 5.02 Å². The lowest BCUT2D eigenvalue weighted by molar-refractivity contribution is 0.201. The predicted octanol–water partition coefficient (Wildman–Crippen LogP) is 2.65. The molecule has 0 unspecified atom stereocenters. The maximum absolute atomic E-state index is 8.73. The minimum Gasteiger partial charge on any atom is -0.491 e. The van der Waals surface area contributed by atoms with Crippen molar-refractivity contribution in [2.24, 2.45) is 0 Å². The van der Waals surface area contributed by atoms with Crippen molar-refractivity contribution >= 4 is 22.6 Å². The molecule has 3 rings (SSSR count). The Morgan fingerprint density at radius 3 is 2.70 bits per heavy atom. The Bertz CT molecular complexity index is 725. The van der Waals surface area contributed by atoms with Gasteiger partial charge >= 0.3 is 0 Å². The Hall–Kier alpha value is -2.11. The van der Waals surface area contributed by atoms with Crippen LogP contribution in [-0.4, -0.2) is 33.7 Å². The third-order valence-electron chi connectivity index (χ3n) is 2.95. The Morgan fingerprint density at radius 2 is 1.95 bits per heavy atom. The number of nitrogens with zero attached hydrogens (tertiary/aromatic N) is 2. The van der Waals surface area contributed by atoms with Gasteiger partial charge in [-0.25, -0.2) is 0 Å². The molecular weight excluding hydrogens is 278 g/mol. The lowest BCUT2D eigenvalue weighted by Crippen LogP contribution is -2.01. The molecule has 0 amide bonds. The lowest BCUT2D eigenvalue weighted by Gasteiger charge is -2.07. The summed E-state index contributed by atoms with van der Waals surface area (Å²) in [6.45, 7) is 0.269. The first-order chi connectivity index (χ1) is 9.79. The van der Waals surface area contributed by atoms with Crippen LogP contribution >= 0.6 is 11.6 Å². The highest BCUT2D eigenvalue weighted by Gasteiger charge is 2.11. The number of aromatic amines is 1. The molecule has 0 radical (unpaired) electrons. The van der Waals surface area contributed by atoms with Crippen LogP contribution in [0.1, 0.15) is 0 Å². The molecule has 0 aliphatic heterocycles. The van der Waals surface area contributed by atoms with E-state index in [1.807, 2.05) is 36.4 Å². The van der Waals surface area contributed by atoms with E-state index in [-0.39, 0.29) is 13.2 Å². The molecule has 102 valence electrons. The SMILES string of the molecule is OCCOc1ccc(-c2c(Cl)ccc3[nH]nnc23)cc1. The van der Waals surface area contributed by atoms with Gasteiger partial charge in [0.25, 0.3) is 0 Å². The number of H-pyrrole nitrogens is 1. The van der Waals surface area contributed by atoms with Gasteiger partial charge in [-0.2, -0.15) is 0 Å². The summed E-state index contributed by atoms with van der Waals surface area (Å²) in [7, 11) is 0. The average molecular weight is 290 g/mol. The Morgan fingerprint density at radius 1 is 1.15 bits per heavy atom. The second-order valence-corrected chi connectivity index (χ2v) is 4.63. The van der Waals surface area contributed by atoms with Crippen molar-refractivity contribution < 1.29 is 9.84 Å². The summed E-state index contributed by atoms with van der Waals surface area (Å²) in [6, 6.07) is 11.1. The minimum atomic E-state index is -0.00811. The first-order valence-electron chi connectivity index (χ1n) is 6.13. The van der Waals surface area contributed by atoms with Gasteiger partial charge in [-0.3, -0.25) is 5.10 Å². The van der Waals surface area contributed by atoms with Gasteiger partial charge < -0.3 is 9.84 Å². The van der Waals surface area contributed by atoms with Gasteiger partial charge in [0.15, 0.2) is 0 Å². The van der Waals surface area contributed by atoms with Gasteiger partial charge in [0.1, 0.15) is 17.9 Å². The van der Waals surface area contributed by atoms with E-state index in [1.165, 1.54) is 0 Å². The molecule has 5 nitrogen and oxygen atoms in total. The summed E-state index contributed by atoms with van der Waals surface area (Å²) in [5.41, 5.74) is 3.35. The second kappa shape index (κ2) is 5.48. The molecule has 0 saturated heterocycles. The highest BCUT2D eigenvalue weighted by Crippen LogP contribution is 2.34. The van der Waals surface area contributed by atoms with Crippen molar-refractivity contribution in [2.45, 2.75) is 0 Å². The Balaban J connectivity index is 2.02. The fraction of sp³-hybridized carbons (Fsp3) is 0.143. The van der Waals surface area contributed by atoms with Crippen LogP contribution in [0, 0.1) is 0 Å². The highest BCUT2D eigenvalue weighted by atomic mass is 35.5. The smallest absolute Gasteiger partial charge is 0.122 e. The van der Waals surface area contributed by atoms with E-state index < -0.39 is 0 Å². The van der Waals surface area contributed by atoms with Gasteiger partial charge in [0.05, 0.1) is 17.1 Å². The topological polar surface area (TPSA) is 71.0 Å². The number of fused-ring (bicyclic) bond motifs is 1. The van der Waals surface area contributed by atoms with Crippen LogP contribution in [0.3, 0.4) is 0 Å². The van der Waals surface area contributed by atoms with Crippen molar-refractivity contribution in [3.8, 4) is 16.9 Å². The van der Waals surface area contributed by atoms with E-state index in [9.17, 15) is 0 Å². The van der Waals surface area contributed by atoms with E-state index in [0.29, 0.717) is 10.8 Å². The number of aliphatic hydroxyl groups is 1. The van der Waals surface area contributed by atoms with E-state index in [2.05, 4.69) is 15.4 Å². The Kier molecular flexibility index (Phi) is 3.54. The molecule has 0 atom stereocenters. The monoisotopic (exact) mass is 289 g/mol. The molecule has 0 fully saturated rings.